The van der Waals surface area contributed by atoms with Crippen molar-refractivity contribution in [2.24, 2.45) is 5.73 Å². The molecular formula is C18H15F6N3O7S. The summed E-state index contributed by atoms with van der Waals surface area (Å²) in [4.78, 5) is 46.3. The third kappa shape index (κ3) is 8.29. The number of hydrogen-bond donors (Lipinski definition) is 4. The molecule has 0 saturated carbocycles. The first-order chi connectivity index (χ1) is 16.0. The Morgan fingerprint density at radius 3 is 1.97 bits per heavy atom. The predicted molar refractivity (Wildman–Crippen MR) is 106 cm³/mol. The molecule has 1 fully saturated rings. The average Bonchev–Trinajstić information content (AvgIpc) is 2.76. The summed E-state index contributed by atoms with van der Waals surface area (Å²) < 4.78 is 63.5. The van der Waals surface area contributed by atoms with Crippen molar-refractivity contribution in [1.29, 1.82) is 0 Å². The molecule has 35 heavy (non-hydrogen) atoms. The molecule has 17 heteroatoms. The topological polar surface area (TPSA) is 171 Å². The lowest BCUT2D eigenvalue weighted by atomic mass is 10.0. The maximum atomic E-state index is 11.8. The van der Waals surface area contributed by atoms with Crippen LogP contribution in [-0.4, -0.2) is 78.5 Å². The number of hydrogen-bond acceptors (Lipinski definition) is 7. The van der Waals surface area contributed by atoms with Crippen molar-refractivity contribution < 1.29 is 60.8 Å². The van der Waals surface area contributed by atoms with Crippen LogP contribution in [0.3, 0.4) is 0 Å². The van der Waals surface area contributed by atoms with Gasteiger partial charge in [-0.3, -0.25) is 14.7 Å². The maximum absolute atomic E-state index is 11.8. The Labute approximate surface area is 195 Å². The zero-order chi connectivity index (χ0) is 27.1. The van der Waals surface area contributed by atoms with Crippen LogP contribution in [0.2, 0.25) is 0 Å². The normalized spacial score (nSPS) is 19.5. The first kappa shape index (κ1) is 29.4. The molecule has 0 unspecified atom stereocenters. The van der Waals surface area contributed by atoms with Crippen molar-refractivity contribution in [2.45, 2.75) is 23.8 Å². The summed E-state index contributed by atoms with van der Waals surface area (Å²) in [5.74, 6) is -6.44. The molecule has 2 aliphatic heterocycles. The molecule has 0 aromatic carbocycles. The standard InChI is InChI=1S/C14H13N3O3S.2C2HF3O2/c15-10-12(18)17-11(14(19)20)9(7-21-13(10)17)4-3-8-2-1-5-16-6-8;2*3-2(4,5)1(6)7/h1-6,10,13H,7,15H2,(H,19,20);2*(H,6,7)/b4-3+;;/t10-,13-;;/m1../s1. The molecule has 2 atom stereocenters. The van der Waals surface area contributed by atoms with E-state index in [1.165, 1.54) is 16.7 Å². The fraction of sp³-hybridized carbons (Fsp3) is 0.278. The number of carbonyl (C=O) groups excluding carboxylic acids is 1. The van der Waals surface area contributed by atoms with Crippen LogP contribution in [0.15, 0.2) is 41.9 Å². The van der Waals surface area contributed by atoms with Gasteiger partial charge in [0, 0.05) is 18.1 Å². The fourth-order valence-corrected chi connectivity index (χ4v) is 3.60. The van der Waals surface area contributed by atoms with Crippen LogP contribution in [0.4, 0.5) is 26.3 Å². The lowest BCUT2D eigenvalue weighted by molar-refractivity contribution is -0.193. The number of nitrogens with zero attached hydrogens (tertiary/aromatic N) is 2. The van der Waals surface area contributed by atoms with Gasteiger partial charge in [0.15, 0.2) is 0 Å². The monoisotopic (exact) mass is 531 g/mol. The number of rotatable bonds is 3. The van der Waals surface area contributed by atoms with Gasteiger partial charge in [-0.1, -0.05) is 18.2 Å². The van der Waals surface area contributed by atoms with Crippen molar-refractivity contribution in [2.75, 3.05) is 5.75 Å². The van der Waals surface area contributed by atoms with Gasteiger partial charge in [0.05, 0.1) is 0 Å². The van der Waals surface area contributed by atoms with Crippen molar-refractivity contribution in [3.8, 4) is 0 Å². The van der Waals surface area contributed by atoms with E-state index >= 15 is 0 Å². The summed E-state index contributed by atoms with van der Waals surface area (Å²) in [6.07, 6.45) is -3.31. The largest absolute Gasteiger partial charge is 0.490 e. The number of β-lactam (4-membered cyclic amide) rings is 1. The molecule has 0 aliphatic carbocycles. The minimum atomic E-state index is -5.08. The first-order valence-corrected chi connectivity index (χ1v) is 9.88. The molecule has 1 aromatic heterocycles. The first-order valence-electron chi connectivity index (χ1n) is 8.83. The zero-order valence-corrected chi connectivity index (χ0v) is 17.8. The summed E-state index contributed by atoms with van der Waals surface area (Å²) in [6, 6.07) is 3.07. The van der Waals surface area contributed by atoms with Crippen molar-refractivity contribution in [1.82, 2.24) is 9.88 Å². The van der Waals surface area contributed by atoms with Gasteiger partial charge in [-0.25, -0.2) is 14.4 Å². The Bertz CT molecular complexity index is 1000. The van der Waals surface area contributed by atoms with Gasteiger partial charge < -0.3 is 21.1 Å². The third-order valence-electron chi connectivity index (χ3n) is 3.89. The van der Waals surface area contributed by atoms with E-state index in [9.17, 15) is 41.0 Å². The van der Waals surface area contributed by atoms with E-state index in [4.69, 9.17) is 25.5 Å². The van der Waals surface area contributed by atoms with Crippen LogP contribution >= 0.6 is 11.8 Å². The number of carboxylic acid groups (broad SMARTS) is 3. The number of fused-ring (bicyclic) bond motifs is 1. The molecule has 0 radical (unpaired) electrons. The van der Waals surface area contributed by atoms with Crippen LogP contribution in [0.25, 0.3) is 6.08 Å². The number of carbonyl (C=O) groups is 4. The van der Waals surface area contributed by atoms with Gasteiger partial charge in [-0.15, -0.1) is 11.8 Å². The van der Waals surface area contributed by atoms with Crippen molar-refractivity contribution >= 4 is 41.7 Å². The number of aliphatic carboxylic acids is 3. The van der Waals surface area contributed by atoms with Gasteiger partial charge in [-0.2, -0.15) is 26.3 Å². The molecule has 192 valence electrons. The molecule has 0 spiro atoms. The third-order valence-corrected chi connectivity index (χ3v) is 5.21. The fourth-order valence-electron chi connectivity index (χ4n) is 2.34. The second-order valence-electron chi connectivity index (χ2n) is 6.34. The summed E-state index contributed by atoms with van der Waals surface area (Å²) in [7, 11) is 0. The molecule has 0 bridgehead atoms. The van der Waals surface area contributed by atoms with E-state index in [1.807, 2.05) is 6.07 Å². The average molecular weight is 531 g/mol. The van der Waals surface area contributed by atoms with Gasteiger partial charge in [-0.05, 0) is 17.2 Å². The molecule has 1 saturated heterocycles. The Morgan fingerprint density at radius 1 is 1.06 bits per heavy atom. The minimum absolute atomic E-state index is 0.0330. The van der Waals surface area contributed by atoms with Crippen LogP contribution in [0.1, 0.15) is 5.56 Å². The van der Waals surface area contributed by atoms with E-state index < -0.39 is 36.3 Å². The molecule has 2 aliphatic rings. The number of allylic oxidation sites excluding steroid dienone is 1. The lowest BCUT2D eigenvalue weighted by Crippen LogP contribution is -2.68. The number of thioether (sulfide) groups is 1. The van der Waals surface area contributed by atoms with Crippen LogP contribution in [-0.2, 0) is 19.2 Å². The molecule has 1 aromatic rings. The van der Waals surface area contributed by atoms with Crippen molar-refractivity contribution in [3.63, 3.8) is 0 Å². The highest BCUT2D eigenvalue weighted by Crippen LogP contribution is 2.39. The highest BCUT2D eigenvalue weighted by molar-refractivity contribution is 8.00. The van der Waals surface area contributed by atoms with Crippen LogP contribution < -0.4 is 5.73 Å². The zero-order valence-electron chi connectivity index (χ0n) is 16.9. The molecule has 10 nitrogen and oxygen atoms in total. The molecule has 3 heterocycles. The van der Waals surface area contributed by atoms with E-state index in [2.05, 4.69) is 4.98 Å². The van der Waals surface area contributed by atoms with Gasteiger partial charge in [0.1, 0.15) is 17.1 Å². The van der Waals surface area contributed by atoms with E-state index in [0.29, 0.717) is 11.3 Å². The highest BCUT2D eigenvalue weighted by atomic mass is 32.2. The Kier molecular flexibility index (Phi) is 9.83. The Balaban J connectivity index is 0.000000362. The Morgan fingerprint density at radius 2 is 1.57 bits per heavy atom. The van der Waals surface area contributed by atoms with Gasteiger partial charge >= 0.3 is 30.3 Å². The van der Waals surface area contributed by atoms with Crippen molar-refractivity contribution in [3.05, 3.63) is 47.4 Å². The number of alkyl halides is 6. The van der Waals surface area contributed by atoms with E-state index in [0.717, 1.165) is 5.56 Å². The molecule has 1 amide bonds. The van der Waals surface area contributed by atoms with Crippen LogP contribution in [0, 0.1) is 0 Å². The van der Waals surface area contributed by atoms with Crippen LogP contribution in [0.5, 0.6) is 0 Å². The second kappa shape index (κ2) is 11.7. The number of carboxylic acids is 3. The second-order valence-corrected chi connectivity index (χ2v) is 7.45. The number of pyridine rings is 1. The molecular weight excluding hydrogens is 516 g/mol. The number of aromatic nitrogens is 1. The van der Waals surface area contributed by atoms with E-state index in [1.54, 1.807) is 30.6 Å². The smallest absolute Gasteiger partial charge is 0.477 e. The molecule has 5 N–H and O–H groups in total. The summed E-state index contributed by atoms with van der Waals surface area (Å²) in [6.45, 7) is 0. The number of halogens is 6. The quantitative estimate of drug-likeness (QED) is 0.334. The van der Waals surface area contributed by atoms with Gasteiger partial charge in [0.2, 0.25) is 5.91 Å². The summed E-state index contributed by atoms with van der Waals surface area (Å²) in [5.41, 5.74) is 7.20. The SMILES string of the molecule is N[C@@H]1C(=O)N2C(C(=O)O)=C(/C=C/c3cccnc3)CS[C@H]12.O=C(O)C(F)(F)F.O=C(O)C(F)(F)F. The number of nitrogens with two attached hydrogens (primary N) is 1. The maximum Gasteiger partial charge on any atom is 0.490 e. The summed E-state index contributed by atoms with van der Waals surface area (Å²) in [5, 5.41) is 23.4. The predicted octanol–water partition coefficient (Wildman–Crippen LogP) is 1.94. The Hall–Kier alpha value is -3.60. The minimum Gasteiger partial charge on any atom is -0.477 e. The highest BCUT2D eigenvalue weighted by Gasteiger charge is 2.51. The van der Waals surface area contributed by atoms with E-state index in [-0.39, 0.29) is 17.0 Å². The lowest BCUT2D eigenvalue weighted by Gasteiger charge is -2.47. The summed E-state index contributed by atoms with van der Waals surface area (Å²) >= 11 is 1.48. The van der Waals surface area contributed by atoms with Gasteiger partial charge in [0.25, 0.3) is 0 Å². The molecule has 3 rings (SSSR count). The number of amides is 1.